The van der Waals surface area contributed by atoms with Gasteiger partial charge in [0.1, 0.15) is 0 Å². The molecule has 0 fully saturated rings. The average Bonchev–Trinajstić information content (AvgIpc) is 2.17. The van der Waals surface area contributed by atoms with Crippen LogP contribution in [0.15, 0.2) is 23.1 Å². The van der Waals surface area contributed by atoms with Crippen LogP contribution in [0.1, 0.15) is 12.8 Å². The van der Waals surface area contributed by atoms with E-state index in [4.69, 9.17) is 22.6 Å². The van der Waals surface area contributed by atoms with Crippen LogP contribution in [0.3, 0.4) is 0 Å². The van der Waals surface area contributed by atoms with Crippen molar-refractivity contribution in [2.24, 2.45) is 0 Å². The van der Waals surface area contributed by atoms with Crippen molar-refractivity contribution in [3.63, 3.8) is 0 Å². The van der Waals surface area contributed by atoms with Crippen LogP contribution in [-0.4, -0.2) is 14.2 Å². The van der Waals surface area contributed by atoms with Crippen molar-refractivity contribution in [2.45, 2.75) is 17.7 Å². The first-order valence-electron chi connectivity index (χ1n) is 4.62. The summed E-state index contributed by atoms with van der Waals surface area (Å²) in [5, 5.41) is 8.73. The number of sulfone groups is 1. The zero-order valence-corrected chi connectivity index (χ0v) is 10.1. The molecule has 0 spiro atoms. The van der Waals surface area contributed by atoms with Gasteiger partial charge in [0.05, 0.1) is 22.4 Å². The number of nitrogens with two attached hydrogens (primary N) is 1. The molecular weight excluding hydrogens is 248 g/mol. The molecule has 0 amide bonds. The summed E-state index contributed by atoms with van der Waals surface area (Å²) in [4.78, 5) is 0.0786. The Labute approximate surface area is 99.6 Å². The summed E-state index contributed by atoms with van der Waals surface area (Å²) in [5.74, 6) is -0.0770. The largest absolute Gasteiger partial charge is 0.398 e. The quantitative estimate of drug-likeness (QED) is 0.661. The molecule has 0 radical (unpaired) electrons. The number of unbranched alkanes of at least 4 members (excludes halogenated alkanes) is 1. The Kier molecular flexibility index (Phi) is 4.16. The number of nitrogen functional groups attached to an aromatic ring is 1. The SMILES string of the molecule is N#CCCCS(=O)(=O)c1ccc(Cl)cc1N. The van der Waals surface area contributed by atoms with Gasteiger partial charge in [-0.25, -0.2) is 8.42 Å². The molecule has 0 bridgehead atoms. The van der Waals surface area contributed by atoms with Crippen LogP contribution < -0.4 is 5.73 Å². The molecule has 0 atom stereocenters. The summed E-state index contributed by atoms with van der Waals surface area (Å²) >= 11 is 5.68. The summed E-state index contributed by atoms with van der Waals surface area (Å²) in [6, 6.07) is 6.17. The topological polar surface area (TPSA) is 84.0 Å². The van der Waals surface area contributed by atoms with Gasteiger partial charge in [-0.2, -0.15) is 5.26 Å². The fourth-order valence-corrected chi connectivity index (χ4v) is 2.87. The molecule has 0 aliphatic carbocycles. The van der Waals surface area contributed by atoms with E-state index in [1.54, 1.807) is 0 Å². The van der Waals surface area contributed by atoms with Crippen LogP contribution in [0.25, 0.3) is 0 Å². The molecule has 1 aromatic rings. The Balaban J connectivity index is 2.95. The van der Waals surface area contributed by atoms with Gasteiger partial charge in [0.25, 0.3) is 0 Å². The first-order chi connectivity index (χ1) is 7.47. The van der Waals surface area contributed by atoms with Crippen molar-refractivity contribution in [1.29, 1.82) is 5.26 Å². The fourth-order valence-electron chi connectivity index (χ4n) is 1.25. The molecule has 0 saturated heterocycles. The highest BCUT2D eigenvalue weighted by Crippen LogP contribution is 2.23. The van der Waals surface area contributed by atoms with Crippen molar-refractivity contribution in [3.05, 3.63) is 23.2 Å². The van der Waals surface area contributed by atoms with Gasteiger partial charge in [0, 0.05) is 11.4 Å². The third kappa shape index (κ3) is 3.12. The minimum absolute atomic E-state index is 0.0770. The molecule has 0 aliphatic heterocycles. The number of benzene rings is 1. The standard InChI is InChI=1S/C10H11ClN2O2S/c11-8-3-4-10(9(13)7-8)16(14,15)6-2-1-5-12/h3-4,7H,1-2,6,13H2. The summed E-state index contributed by atoms with van der Waals surface area (Å²) in [6.07, 6.45) is 0.521. The predicted molar refractivity (Wildman–Crippen MR) is 62.8 cm³/mol. The number of hydrogen-bond donors (Lipinski definition) is 1. The van der Waals surface area contributed by atoms with E-state index in [0.717, 1.165) is 0 Å². The van der Waals surface area contributed by atoms with Gasteiger partial charge >= 0.3 is 0 Å². The van der Waals surface area contributed by atoms with Gasteiger partial charge in [-0.3, -0.25) is 0 Å². The molecule has 0 aliphatic rings. The molecule has 2 N–H and O–H groups in total. The molecule has 16 heavy (non-hydrogen) atoms. The average molecular weight is 259 g/mol. The molecule has 0 saturated carbocycles. The van der Waals surface area contributed by atoms with Crippen LogP contribution in [-0.2, 0) is 9.84 Å². The summed E-state index contributed by atoms with van der Waals surface area (Å²) in [6.45, 7) is 0. The Morgan fingerprint density at radius 2 is 2.12 bits per heavy atom. The normalized spacial score (nSPS) is 11.0. The van der Waals surface area contributed by atoms with Gasteiger partial charge in [0.2, 0.25) is 0 Å². The van der Waals surface area contributed by atoms with Crippen LogP contribution in [0.2, 0.25) is 5.02 Å². The van der Waals surface area contributed by atoms with Crippen molar-refractivity contribution in [3.8, 4) is 6.07 Å². The second-order valence-corrected chi connectivity index (χ2v) is 5.78. The van der Waals surface area contributed by atoms with Crippen LogP contribution in [0, 0.1) is 11.3 Å². The Morgan fingerprint density at radius 3 is 2.69 bits per heavy atom. The molecule has 0 heterocycles. The number of rotatable bonds is 4. The van der Waals surface area contributed by atoms with Crippen LogP contribution in [0.5, 0.6) is 0 Å². The molecule has 1 rings (SSSR count). The van der Waals surface area contributed by atoms with E-state index in [2.05, 4.69) is 0 Å². The molecule has 0 aromatic heterocycles. The van der Waals surface area contributed by atoms with Gasteiger partial charge in [-0.05, 0) is 24.6 Å². The van der Waals surface area contributed by atoms with Gasteiger partial charge in [0.15, 0.2) is 9.84 Å². The molecule has 6 heteroatoms. The first kappa shape index (κ1) is 12.8. The lowest BCUT2D eigenvalue weighted by molar-refractivity contribution is 0.594. The third-order valence-corrected chi connectivity index (χ3v) is 4.11. The van der Waals surface area contributed by atoms with Crippen molar-refractivity contribution < 1.29 is 8.42 Å². The van der Waals surface area contributed by atoms with Gasteiger partial charge in [-0.15, -0.1) is 0 Å². The first-order valence-corrected chi connectivity index (χ1v) is 6.65. The zero-order chi connectivity index (χ0) is 12.2. The maximum absolute atomic E-state index is 11.8. The van der Waals surface area contributed by atoms with E-state index in [1.807, 2.05) is 6.07 Å². The Morgan fingerprint density at radius 1 is 1.44 bits per heavy atom. The lowest BCUT2D eigenvalue weighted by atomic mass is 10.3. The lowest BCUT2D eigenvalue weighted by Crippen LogP contribution is -2.09. The second-order valence-electron chi connectivity index (χ2n) is 3.26. The number of halogens is 1. The molecule has 4 nitrogen and oxygen atoms in total. The zero-order valence-electron chi connectivity index (χ0n) is 8.48. The molecule has 0 unspecified atom stereocenters. The maximum atomic E-state index is 11.8. The summed E-state index contributed by atoms with van der Waals surface area (Å²) < 4.78 is 23.6. The number of nitriles is 1. The third-order valence-electron chi connectivity index (χ3n) is 2.01. The highest BCUT2D eigenvalue weighted by atomic mass is 35.5. The smallest absolute Gasteiger partial charge is 0.180 e. The number of nitrogens with zero attached hydrogens (tertiary/aromatic N) is 1. The second kappa shape index (κ2) is 5.19. The molecular formula is C10H11ClN2O2S. The maximum Gasteiger partial charge on any atom is 0.180 e. The highest BCUT2D eigenvalue weighted by molar-refractivity contribution is 7.91. The summed E-state index contributed by atoms with van der Waals surface area (Å²) in [5.41, 5.74) is 5.73. The van der Waals surface area contributed by atoms with E-state index in [1.165, 1.54) is 18.2 Å². The van der Waals surface area contributed by atoms with E-state index in [9.17, 15) is 8.42 Å². The molecule has 1 aromatic carbocycles. The molecule has 86 valence electrons. The van der Waals surface area contributed by atoms with E-state index in [-0.39, 0.29) is 22.8 Å². The minimum Gasteiger partial charge on any atom is -0.398 e. The fraction of sp³-hybridized carbons (Fsp3) is 0.300. The lowest BCUT2D eigenvalue weighted by Gasteiger charge is -2.06. The van der Waals surface area contributed by atoms with Gasteiger partial charge in [-0.1, -0.05) is 11.6 Å². The summed E-state index contributed by atoms with van der Waals surface area (Å²) in [7, 11) is -3.41. The van der Waals surface area contributed by atoms with E-state index in [0.29, 0.717) is 11.4 Å². The van der Waals surface area contributed by atoms with Crippen molar-refractivity contribution in [1.82, 2.24) is 0 Å². The Hall–Kier alpha value is -1.25. The van der Waals surface area contributed by atoms with Crippen LogP contribution >= 0.6 is 11.6 Å². The highest BCUT2D eigenvalue weighted by Gasteiger charge is 2.17. The van der Waals surface area contributed by atoms with E-state index < -0.39 is 9.84 Å². The number of hydrogen-bond acceptors (Lipinski definition) is 4. The monoisotopic (exact) mass is 258 g/mol. The Bertz CT molecular complexity index is 520. The van der Waals surface area contributed by atoms with Gasteiger partial charge < -0.3 is 5.73 Å². The van der Waals surface area contributed by atoms with Crippen molar-refractivity contribution in [2.75, 3.05) is 11.5 Å². The van der Waals surface area contributed by atoms with Crippen molar-refractivity contribution >= 4 is 27.1 Å². The predicted octanol–water partition coefficient (Wildman–Crippen LogP) is 2.00. The number of anilines is 1. The van der Waals surface area contributed by atoms with Crippen LogP contribution in [0.4, 0.5) is 5.69 Å². The minimum atomic E-state index is -3.41. The van der Waals surface area contributed by atoms with E-state index >= 15 is 0 Å².